The predicted molar refractivity (Wildman–Crippen MR) is 80.7 cm³/mol. The largest absolute Gasteiger partial charge is 0.399 e. The van der Waals surface area contributed by atoms with Crippen molar-refractivity contribution >= 4 is 15.7 Å². The molecule has 0 aliphatic heterocycles. The molecule has 0 fully saturated rings. The Morgan fingerprint density at radius 1 is 1.10 bits per heavy atom. The molecule has 2 N–H and O–H groups in total. The molecule has 0 saturated heterocycles. The summed E-state index contributed by atoms with van der Waals surface area (Å²) in [4.78, 5) is 0.230. The number of hydrogen-bond donors (Lipinski definition) is 1. The molecule has 0 spiro atoms. The van der Waals surface area contributed by atoms with Gasteiger partial charge in [-0.05, 0) is 36.2 Å². The molecule has 0 heterocycles. The van der Waals surface area contributed by atoms with E-state index in [9.17, 15) is 8.42 Å². The van der Waals surface area contributed by atoms with Crippen molar-refractivity contribution in [2.24, 2.45) is 0 Å². The Balaban J connectivity index is 2.30. The van der Waals surface area contributed by atoms with Gasteiger partial charge in [0.25, 0.3) is 0 Å². The fourth-order valence-corrected chi connectivity index (χ4v) is 3.33. The van der Waals surface area contributed by atoms with E-state index in [4.69, 9.17) is 5.73 Å². The minimum absolute atomic E-state index is 0.230. The highest BCUT2D eigenvalue weighted by molar-refractivity contribution is 7.89. The van der Waals surface area contributed by atoms with Gasteiger partial charge in [0.15, 0.2) is 0 Å². The molecule has 0 amide bonds. The molecule has 0 atom stereocenters. The van der Waals surface area contributed by atoms with E-state index in [0.29, 0.717) is 12.2 Å². The number of nitrogen functional groups attached to an aromatic ring is 1. The molecule has 0 aliphatic carbocycles. The zero-order chi connectivity index (χ0) is 14.8. The van der Waals surface area contributed by atoms with Crippen LogP contribution in [-0.4, -0.2) is 19.8 Å². The monoisotopic (exact) mass is 290 g/mol. The number of benzene rings is 2. The van der Waals surface area contributed by atoms with Crippen LogP contribution in [0.3, 0.4) is 0 Å². The van der Waals surface area contributed by atoms with Crippen LogP contribution >= 0.6 is 0 Å². The Hall–Kier alpha value is -1.85. The number of rotatable bonds is 4. The van der Waals surface area contributed by atoms with Crippen LogP contribution < -0.4 is 5.73 Å². The van der Waals surface area contributed by atoms with Crippen LogP contribution in [0, 0.1) is 6.92 Å². The van der Waals surface area contributed by atoms with Crippen LogP contribution in [-0.2, 0) is 16.6 Å². The van der Waals surface area contributed by atoms with E-state index in [-0.39, 0.29) is 4.90 Å². The molecule has 0 unspecified atom stereocenters. The highest BCUT2D eigenvalue weighted by Gasteiger charge is 2.21. The van der Waals surface area contributed by atoms with Crippen LogP contribution in [0.5, 0.6) is 0 Å². The van der Waals surface area contributed by atoms with E-state index in [1.165, 1.54) is 10.4 Å². The molecule has 4 nitrogen and oxygen atoms in total. The second-order valence-corrected chi connectivity index (χ2v) is 6.87. The van der Waals surface area contributed by atoms with E-state index in [0.717, 1.165) is 11.1 Å². The topological polar surface area (TPSA) is 63.4 Å². The fourth-order valence-electron chi connectivity index (χ4n) is 2.03. The van der Waals surface area contributed by atoms with E-state index >= 15 is 0 Å². The Bertz CT molecular complexity index is 677. The maximum Gasteiger partial charge on any atom is 0.243 e. The summed E-state index contributed by atoms with van der Waals surface area (Å²) in [5.74, 6) is 0. The Morgan fingerprint density at radius 3 is 2.35 bits per heavy atom. The quantitative estimate of drug-likeness (QED) is 0.879. The van der Waals surface area contributed by atoms with Crippen LogP contribution in [0.1, 0.15) is 11.1 Å². The second-order valence-electron chi connectivity index (χ2n) is 4.83. The Kier molecular flexibility index (Phi) is 4.11. The van der Waals surface area contributed by atoms with Crippen LogP contribution in [0.2, 0.25) is 0 Å². The smallest absolute Gasteiger partial charge is 0.243 e. The average Bonchev–Trinajstić information content (AvgIpc) is 2.38. The second kappa shape index (κ2) is 5.64. The summed E-state index contributed by atoms with van der Waals surface area (Å²) in [6, 6.07) is 14.3. The van der Waals surface area contributed by atoms with Crippen LogP contribution in [0.4, 0.5) is 5.69 Å². The zero-order valence-corrected chi connectivity index (χ0v) is 12.4. The maximum absolute atomic E-state index is 12.5. The molecule has 0 aliphatic rings. The summed E-state index contributed by atoms with van der Waals surface area (Å²) in [7, 11) is -1.96. The molecule has 0 saturated carbocycles. The molecule has 2 aromatic rings. The van der Waals surface area contributed by atoms with Crippen LogP contribution in [0.25, 0.3) is 0 Å². The third-order valence-electron chi connectivity index (χ3n) is 3.03. The van der Waals surface area contributed by atoms with Crippen molar-refractivity contribution in [1.82, 2.24) is 4.31 Å². The first-order valence-electron chi connectivity index (χ1n) is 6.27. The van der Waals surface area contributed by atoms with Crippen LogP contribution in [0.15, 0.2) is 53.4 Å². The molecule has 0 bridgehead atoms. The van der Waals surface area contributed by atoms with Gasteiger partial charge in [0.1, 0.15) is 0 Å². The summed E-state index contributed by atoms with van der Waals surface area (Å²) in [6.07, 6.45) is 0. The van der Waals surface area contributed by atoms with Crippen molar-refractivity contribution in [2.45, 2.75) is 18.4 Å². The number of nitrogens with zero attached hydrogens (tertiary/aromatic N) is 1. The molecular weight excluding hydrogens is 272 g/mol. The van der Waals surface area contributed by atoms with Crippen molar-refractivity contribution in [3.63, 3.8) is 0 Å². The molecule has 2 aromatic carbocycles. The van der Waals surface area contributed by atoms with E-state index in [1.54, 1.807) is 19.2 Å². The summed E-state index contributed by atoms with van der Waals surface area (Å²) in [6.45, 7) is 2.16. The van der Waals surface area contributed by atoms with Gasteiger partial charge in [0.2, 0.25) is 10.0 Å². The molecular formula is C15H18N2O2S. The standard InChI is InChI=1S/C15H18N2O2S/c1-12-8-14(16)10-15(9-12)20(18,19)17(2)11-13-6-4-3-5-7-13/h3-10H,11,16H2,1-2H3. The van der Waals surface area contributed by atoms with Crippen molar-refractivity contribution in [1.29, 1.82) is 0 Å². The minimum Gasteiger partial charge on any atom is -0.399 e. The Morgan fingerprint density at radius 2 is 1.75 bits per heavy atom. The first-order valence-corrected chi connectivity index (χ1v) is 7.71. The number of hydrogen-bond acceptors (Lipinski definition) is 3. The van der Waals surface area contributed by atoms with Crippen molar-refractivity contribution in [3.05, 3.63) is 59.7 Å². The highest BCUT2D eigenvalue weighted by Crippen LogP contribution is 2.20. The van der Waals surface area contributed by atoms with Crippen molar-refractivity contribution in [3.8, 4) is 0 Å². The lowest BCUT2D eigenvalue weighted by atomic mass is 10.2. The summed E-state index contributed by atoms with van der Waals surface area (Å²) in [5.41, 5.74) is 7.96. The lowest BCUT2D eigenvalue weighted by molar-refractivity contribution is 0.466. The average molecular weight is 290 g/mol. The molecule has 106 valence electrons. The number of sulfonamides is 1. The van der Waals surface area contributed by atoms with Gasteiger partial charge in [-0.2, -0.15) is 4.31 Å². The SMILES string of the molecule is Cc1cc(N)cc(S(=O)(=O)N(C)Cc2ccccc2)c1. The molecule has 0 radical (unpaired) electrons. The lowest BCUT2D eigenvalue weighted by Crippen LogP contribution is -2.26. The maximum atomic E-state index is 12.5. The first-order chi connectivity index (χ1) is 9.39. The van der Waals surface area contributed by atoms with Crippen molar-refractivity contribution in [2.75, 3.05) is 12.8 Å². The van der Waals surface area contributed by atoms with Gasteiger partial charge < -0.3 is 5.73 Å². The highest BCUT2D eigenvalue weighted by atomic mass is 32.2. The van der Waals surface area contributed by atoms with Gasteiger partial charge in [-0.3, -0.25) is 0 Å². The number of anilines is 1. The predicted octanol–water partition coefficient (Wildman–Crippen LogP) is 2.40. The molecule has 20 heavy (non-hydrogen) atoms. The molecule has 0 aromatic heterocycles. The first kappa shape index (κ1) is 14.6. The third kappa shape index (κ3) is 3.18. The van der Waals surface area contributed by atoms with E-state index < -0.39 is 10.0 Å². The third-order valence-corrected chi connectivity index (χ3v) is 4.81. The Labute approximate surface area is 119 Å². The fraction of sp³-hybridized carbons (Fsp3) is 0.200. The van der Waals surface area contributed by atoms with E-state index in [1.807, 2.05) is 37.3 Å². The molecule has 2 rings (SSSR count). The summed E-state index contributed by atoms with van der Waals surface area (Å²) >= 11 is 0. The van der Waals surface area contributed by atoms with Gasteiger partial charge in [-0.1, -0.05) is 30.3 Å². The van der Waals surface area contributed by atoms with Gasteiger partial charge in [0, 0.05) is 19.3 Å². The summed E-state index contributed by atoms with van der Waals surface area (Å²) in [5, 5.41) is 0. The number of nitrogens with two attached hydrogens (primary N) is 1. The van der Waals surface area contributed by atoms with Gasteiger partial charge in [0.05, 0.1) is 4.90 Å². The lowest BCUT2D eigenvalue weighted by Gasteiger charge is -2.18. The molecule has 5 heteroatoms. The normalized spacial score (nSPS) is 11.8. The summed E-state index contributed by atoms with van der Waals surface area (Å²) < 4.78 is 26.4. The van der Waals surface area contributed by atoms with Crippen molar-refractivity contribution < 1.29 is 8.42 Å². The van der Waals surface area contributed by atoms with Gasteiger partial charge >= 0.3 is 0 Å². The minimum atomic E-state index is -3.53. The van der Waals surface area contributed by atoms with E-state index in [2.05, 4.69) is 0 Å². The van der Waals surface area contributed by atoms with Gasteiger partial charge in [-0.25, -0.2) is 8.42 Å². The van der Waals surface area contributed by atoms with Gasteiger partial charge in [-0.15, -0.1) is 0 Å². The number of aryl methyl sites for hydroxylation is 1. The zero-order valence-electron chi connectivity index (χ0n) is 11.6.